The summed E-state index contributed by atoms with van der Waals surface area (Å²) in [5.41, 5.74) is 4.93. The van der Waals surface area contributed by atoms with E-state index in [-0.39, 0.29) is 35.6 Å². The summed E-state index contributed by atoms with van der Waals surface area (Å²) in [4.78, 5) is 19.7. The second-order valence-electron chi connectivity index (χ2n) is 7.72. The molecule has 0 fully saturated rings. The lowest BCUT2D eigenvalue weighted by atomic mass is 10.6. The van der Waals surface area contributed by atoms with E-state index in [0.717, 1.165) is 74.5 Å². The van der Waals surface area contributed by atoms with Crippen molar-refractivity contribution in [3.8, 4) is 0 Å². The highest BCUT2D eigenvalue weighted by Gasteiger charge is 2.12. The number of carboxylic acids is 1. The number of carbonyl (C=O) groups is 1. The van der Waals surface area contributed by atoms with Crippen LogP contribution in [-0.2, 0) is 4.79 Å². The van der Waals surface area contributed by atoms with Gasteiger partial charge < -0.3 is 35.3 Å². The minimum Gasteiger partial charge on any atom is -0.480 e. The van der Waals surface area contributed by atoms with Crippen LogP contribution in [0.15, 0.2) is 0 Å². The van der Waals surface area contributed by atoms with Crippen LogP contribution >= 0.6 is 92.0 Å². The number of likely N-dealkylation sites (N-methyl/N-ethyl adjacent to an activating group) is 1. The van der Waals surface area contributed by atoms with Gasteiger partial charge in [0.2, 0.25) is 0 Å². The van der Waals surface area contributed by atoms with Crippen LogP contribution in [0.5, 0.6) is 0 Å². The number of hydrogen-bond donors (Lipinski definition) is 3. The molecule has 0 aromatic heterocycles. The Morgan fingerprint density at radius 1 is 0.619 bits per heavy atom. The van der Waals surface area contributed by atoms with E-state index in [1.807, 2.05) is 0 Å². The lowest BCUT2D eigenvalue weighted by Crippen LogP contribution is -2.36. The Bertz CT molecular complexity index is 703. The molecule has 0 saturated heterocycles. The summed E-state index contributed by atoms with van der Waals surface area (Å²) in [5.74, 6) is -1.23. The molecule has 0 aromatic carbocycles. The maximum absolute atomic E-state index is 9.92. The summed E-state index contributed by atoms with van der Waals surface area (Å²) in [6, 6.07) is 0. The molecule has 9 nitrogen and oxygen atoms in total. The molecule has 0 saturated carbocycles. The highest BCUT2D eigenvalue weighted by molar-refractivity contribution is 8.90. The van der Waals surface area contributed by atoms with E-state index in [4.69, 9.17) is 65.1 Å². The molecule has 0 aromatic rings. The van der Waals surface area contributed by atoms with Gasteiger partial charge in [0.05, 0.1) is 0 Å². The molecule has 0 rings (SSSR count). The number of nitrogens with zero attached hydrogens (tertiary/aromatic N) is 5. The van der Waals surface area contributed by atoms with Crippen molar-refractivity contribution in [2.45, 2.75) is 55.4 Å². The predicted octanol–water partition coefficient (Wildman–Crippen LogP) is 5.22. The van der Waals surface area contributed by atoms with Crippen molar-refractivity contribution in [2.24, 2.45) is 5.73 Å². The second-order valence-corrected chi connectivity index (χ2v) is 14.5. The van der Waals surface area contributed by atoms with Gasteiger partial charge in [-0.3, -0.25) is 10.2 Å². The van der Waals surface area contributed by atoms with Gasteiger partial charge in [0, 0.05) is 59.4 Å². The van der Waals surface area contributed by atoms with Gasteiger partial charge in [-0.05, 0) is 98.6 Å². The Kier molecular flexibility index (Phi) is 37.0. The molecule has 0 atom stereocenters. The van der Waals surface area contributed by atoms with Gasteiger partial charge in [-0.15, -0.1) is 0 Å². The van der Waals surface area contributed by atoms with Gasteiger partial charge in [0.15, 0.2) is 5.96 Å². The summed E-state index contributed by atoms with van der Waals surface area (Å²) >= 11 is 21.4. The van der Waals surface area contributed by atoms with E-state index in [0.29, 0.717) is 0 Å². The maximum Gasteiger partial charge on any atom is 0.323 e. The topological polar surface area (TPSA) is 103 Å². The molecule has 0 spiro atoms. The first-order chi connectivity index (χ1) is 19.2. The van der Waals surface area contributed by atoms with E-state index in [1.165, 1.54) is 7.05 Å². The van der Waals surface area contributed by atoms with Gasteiger partial charge in [-0.25, -0.2) is 0 Å². The Hall–Kier alpha value is 0.466. The Labute approximate surface area is 308 Å². The van der Waals surface area contributed by atoms with Crippen molar-refractivity contribution in [3.05, 3.63) is 0 Å². The molecule has 0 heterocycles. The van der Waals surface area contributed by atoms with Gasteiger partial charge in [0.25, 0.3) is 0 Å². The first kappa shape index (κ1) is 49.3. The van der Waals surface area contributed by atoms with E-state index in [1.54, 1.807) is 43.2 Å². The molecule has 0 aliphatic carbocycles. The standard InChI is InChI=1S/2C10H20N2S4.C4H9N3O2.Mg.2H/c2*1-5-11(6-2)9(13)15-16-10(14)12(7-3)8-4;1-7(4(5)6)2-3(8)9;;;/h2*5-8H2,1-4H3;2H2,1H3,(H3,5,6)(H,8,9);;;. The normalized spacial score (nSPS) is 9.45. The lowest BCUT2D eigenvalue weighted by Gasteiger charge is -2.23. The number of hydrogen-bond acceptors (Lipinski definition) is 10. The first-order valence-electron chi connectivity index (χ1n) is 13.4. The Morgan fingerprint density at radius 2 is 0.810 bits per heavy atom. The van der Waals surface area contributed by atoms with Crippen LogP contribution in [0.25, 0.3) is 0 Å². The average molecular weight is 751 g/mol. The summed E-state index contributed by atoms with van der Waals surface area (Å²) in [7, 11) is 7.81. The maximum atomic E-state index is 9.92. The van der Waals surface area contributed by atoms with Gasteiger partial charge >= 0.3 is 29.0 Å². The number of carboxylic acid groups (broad SMARTS) is 1. The smallest absolute Gasteiger partial charge is 0.323 e. The number of nitrogens with two attached hydrogens (primary N) is 1. The van der Waals surface area contributed by atoms with Crippen LogP contribution in [-0.4, -0.2) is 148 Å². The van der Waals surface area contributed by atoms with Gasteiger partial charge in [-0.2, -0.15) is 0 Å². The van der Waals surface area contributed by atoms with Crippen molar-refractivity contribution in [3.63, 3.8) is 0 Å². The zero-order chi connectivity index (χ0) is 32.5. The molecule has 18 heteroatoms. The molecule has 0 amide bonds. The number of aliphatic carboxylic acids is 1. The number of nitrogens with one attached hydrogen (secondary N) is 1. The highest BCUT2D eigenvalue weighted by Crippen LogP contribution is 2.29. The van der Waals surface area contributed by atoms with Crippen LogP contribution in [0.3, 0.4) is 0 Å². The van der Waals surface area contributed by atoms with Crippen LogP contribution in [0.4, 0.5) is 0 Å². The Balaban J connectivity index is -0.000000265. The van der Waals surface area contributed by atoms with E-state index in [9.17, 15) is 4.79 Å². The third kappa shape index (κ3) is 24.7. The fourth-order valence-corrected chi connectivity index (χ4v) is 8.69. The van der Waals surface area contributed by atoms with Crippen molar-refractivity contribution in [2.75, 3.05) is 66.0 Å². The molecule has 0 unspecified atom stereocenters. The molecular weight excluding hydrogens is 699 g/mol. The highest BCUT2D eigenvalue weighted by atomic mass is 33.1. The zero-order valence-corrected chi connectivity index (χ0v) is 32.3. The van der Waals surface area contributed by atoms with Crippen molar-refractivity contribution >= 4 is 144 Å². The number of guanidine groups is 1. The monoisotopic (exact) mass is 749 g/mol. The average Bonchev–Trinajstić information content (AvgIpc) is 2.93. The minimum absolute atomic E-state index is 0. The second kappa shape index (κ2) is 31.4. The zero-order valence-electron chi connectivity index (χ0n) is 25.8. The molecule has 0 aliphatic rings. The van der Waals surface area contributed by atoms with Crippen molar-refractivity contribution < 1.29 is 9.90 Å². The molecular formula is C24H51MgN7O2S8. The quantitative estimate of drug-likeness (QED) is 0.0894. The Morgan fingerprint density at radius 3 is 0.905 bits per heavy atom. The van der Waals surface area contributed by atoms with Crippen LogP contribution < -0.4 is 5.73 Å². The molecule has 244 valence electrons. The van der Waals surface area contributed by atoms with Crippen molar-refractivity contribution in [1.82, 2.24) is 24.5 Å². The third-order valence-electron chi connectivity index (χ3n) is 5.24. The fourth-order valence-electron chi connectivity index (χ4n) is 2.57. The SMILES string of the molecule is CCN(CC)C(=S)SSC(=S)N(CC)CC.CCN(CC)C(=S)SSC(=S)N(CC)CC.CN(CC(=O)O)C(=N)N.[MgH2]. The largest absolute Gasteiger partial charge is 0.480 e. The van der Waals surface area contributed by atoms with E-state index < -0.39 is 5.97 Å². The lowest BCUT2D eigenvalue weighted by molar-refractivity contribution is -0.137. The van der Waals surface area contributed by atoms with Crippen LogP contribution in [0.1, 0.15) is 55.4 Å². The fraction of sp³-hybridized carbons (Fsp3) is 0.750. The molecule has 42 heavy (non-hydrogen) atoms. The molecule has 0 bridgehead atoms. The van der Waals surface area contributed by atoms with E-state index >= 15 is 0 Å². The van der Waals surface area contributed by atoms with Gasteiger partial charge in [0.1, 0.15) is 23.8 Å². The molecule has 0 radical (unpaired) electrons. The van der Waals surface area contributed by atoms with Crippen LogP contribution in [0, 0.1) is 5.41 Å². The van der Waals surface area contributed by atoms with Crippen LogP contribution in [0.2, 0.25) is 0 Å². The predicted molar refractivity (Wildman–Crippen MR) is 213 cm³/mol. The van der Waals surface area contributed by atoms with Crippen molar-refractivity contribution in [1.29, 1.82) is 5.41 Å². The third-order valence-corrected chi connectivity index (χ3v) is 12.7. The van der Waals surface area contributed by atoms with E-state index in [2.05, 4.69) is 75.0 Å². The number of thiocarbonyl (C=S) groups is 4. The first-order valence-corrected chi connectivity index (χ1v) is 19.3. The summed E-state index contributed by atoms with van der Waals surface area (Å²) in [6.07, 6.45) is 0. The molecule has 0 aliphatic heterocycles. The number of rotatable bonds is 10. The summed E-state index contributed by atoms with van der Waals surface area (Å²) in [6.45, 7) is 24.4. The summed E-state index contributed by atoms with van der Waals surface area (Å²) < 4.78 is 3.68. The summed E-state index contributed by atoms with van der Waals surface area (Å²) in [5, 5.41) is 14.9. The molecule has 4 N–H and O–H groups in total. The van der Waals surface area contributed by atoms with Gasteiger partial charge in [-0.1, -0.05) is 48.9 Å². The minimum atomic E-state index is -0.993.